The van der Waals surface area contributed by atoms with Gasteiger partial charge in [0.05, 0.1) is 0 Å². The van der Waals surface area contributed by atoms with E-state index in [0.717, 1.165) is 32.2 Å². The topological polar surface area (TPSA) is 35.2 Å². The number of halogens is 2. The molecule has 2 nitrogen and oxygen atoms in total. The summed E-state index contributed by atoms with van der Waals surface area (Å²) in [4.78, 5) is 0. The van der Waals surface area contributed by atoms with Crippen LogP contribution in [0, 0.1) is 0 Å². The molecule has 3 aromatic carbocycles. The highest BCUT2D eigenvalue weighted by molar-refractivity contribution is 9.10. The summed E-state index contributed by atoms with van der Waals surface area (Å²) in [5.74, 6) is 0.804. The second kappa shape index (κ2) is 5.96. The van der Waals surface area contributed by atoms with Crippen LogP contribution in [0.25, 0.3) is 10.8 Å². The maximum absolute atomic E-state index is 6.21. The van der Waals surface area contributed by atoms with Crippen molar-refractivity contribution in [2.75, 3.05) is 5.73 Å². The number of ether oxygens (including phenoxy) is 1. The van der Waals surface area contributed by atoms with E-state index in [1.165, 1.54) is 0 Å². The van der Waals surface area contributed by atoms with Gasteiger partial charge in [-0.15, -0.1) is 0 Å². The Morgan fingerprint density at radius 1 is 1.00 bits per heavy atom. The molecule has 0 bridgehead atoms. The molecule has 0 heterocycles. The standard InChI is InChI=1S/C17H13BrClNO/c18-12-6-5-11(15(19)9-12)10-21-17-8-7-16(20)13-3-1-2-4-14(13)17/h1-9H,10,20H2. The molecule has 0 radical (unpaired) electrons. The Balaban J connectivity index is 1.90. The van der Waals surface area contributed by atoms with E-state index < -0.39 is 0 Å². The van der Waals surface area contributed by atoms with E-state index in [9.17, 15) is 0 Å². The minimum absolute atomic E-state index is 0.417. The third-order valence-corrected chi connectivity index (χ3v) is 4.16. The second-order valence-electron chi connectivity index (χ2n) is 4.72. The summed E-state index contributed by atoms with van der Waals surface area (Å²) in [6.45, 7) is 0.417. The first-order valence-electron chi connectivity index (χ1n) is 6.49. The average molecular weight is 363 g/mol. The third-order valence-electron chi connectivity index (χ3n) is 3.32. The molecule has 3 rings (SSSR count). The van der Waals surface area contributed by atoms with Crippen molar-refractivity contribution in [1.29, 1.82) is 0 Å². The Hall–Kier alpha value is -1.71. The molecule has 0 atom stereocenters. The van der Waals surface area contributed by atoms with Gasteiger partial charge >= 0.3 is 0 Å². The number of rotatable bonds is 3. The van der Waals surface area contributed by atoms with Crippen molar-refractivity contribution in [1.82, 2.24) is 0 Å². The quantitative estimate of drug-likeness (QED) is 0.632. The molecule has 3 aromatic rings. The van der Waals surface area contributed by atoms with E-state index in [1.807, 2.05) is 54.6 Å². The molecule has 2 N–H and O–H groups in total. The SMILES string of the molecule is Nc1ccc(OCc2ccc(Br)cc2Cl)c2ccccc12. The lowest BCUT2D eigenvalue weighted by atomic mass is 10.1. The van der Waals surface area contributed by atoms with Crippen LogP contribution in [0.4, 0.5) is 5.69 Å². The Morgan fingerprint density at radius 2 is 1.76 bits per heavy atom. The molecule has 0 fully saturated rings. The van der Waals surface area contributed by atoms with Crippen LogP contribution in [0.3, 0.4) is 0 Å². The number of nitrogens with two attached hydrogens (primary N) is 1. The predicted molar refractivity (Wildman–Crippen MR) is 91.8 cm³/mol. The average Bonchev–Trinajstić information content (AvgIpc) is 2.48. The van der Waals surface area contributed by atoms with Gasteiger partial charge in [-0.05, 0) is 24.3 Å². The molecule has 0 aliphatic heterocycles. The van der Waals surface area contributed by atoms with Gasteiger partial charge in [0.2, 0.25) is 0 Å². The smallest absolute Gasteiger partial charge is 0.127 e. The van der Waals surface area contributed by atoms with Crippen LogP contribution in [-0.2, 0) is 6.61 Å². The van der Waals surface area contributed by atoms with Gasteiger partial charge in [0.15, 0.2) is 0 Å². The van der Waals surface area contributed by atoms with Gasteiger partial charge in [-0.25, -0.2) is 0 Å². The zero-order chi connectivity index (χ0) is 14.8. The summed E-state index contributed by atoms with van der Waals surface area (Å²) in [6, 6.07) is 17.5. The molecule has 0 aliphatic rings. The Morgan fingerprint density at radius 3 is 2.52 bits per heavy atom. The minimum atomic E-state index is 0.417. The Kier molecular flexibility index (Phi) is 4.04. The molecule has 4 heteroatoms. The first-order chi connectivity index (χ1) is 10.1. The molecule has 0 amide bonds. The van der Waals surface area contributed by atoms with E-state index in [1.54, 1.807) is 0 Å². The van der Waals surface area contributed by atoms with E-state index in [4.69, 9.17) is 22.1 Å². The fourth-order valence-corrected chi connectivity index (χ4v) is 2.94. The lowest BCUT2D eigenvalue weighted by Crippen LogP contribution is -1.98. The largest absolute Gasteiger partial charge is 0.488 e. The normalized spacial score (nSPS) is 10.8. The maximum atomic E-state index is 6.21. The van der Waals surface area contributed by atoms with Crippen LogP contribution in [0.5, 0.6) is 5.75 Å². The van der Waals surface area contributed by atoms with Gasteiger partial charge in [-0.2, -0.15) is 0 Å². The Bertz CT molecular complexity index is 804. The zero-order valence-electron chi connectivity index (χ0n) is 11.1. The van der Waals surface area contributed by atoms with Crippen LogP contribution in [0.2, 0.25) is 5.02 Å². The number of hydrogen-bond donors (Lipinski definition) is 1. The van der Waals surface area contributed by atoms with Crippen LogP contribution >= 0.6 is 27.5 Å². The molecule has 0 saturated carbocycles. The fraction of sp³-hybridized carbons (Fsp3) is 0.0588. The van der Waals surface area contributed by atoms with Crippen molar-refractivity contribution in [3.8, 4) is 5.75 Å². The van der Waals surface area contributed by atoms with Crippen molar-refractivity contribution in [3.63, 3.8) is 0 Å². The van der Waals surface area contributed by atoms with Gasteiger partial charge in [0, 0.05) is 31.5 Å². The molecular formula is C17H13BrClNO. The highest BCUT2D eigenvalue weighted by Gasteiger charge is 2.07. The second-order valence-corrected chi connectivity index (χ2v) is 6.05. The van der Waals surface area contributed by atoms with Gasteiger partial charge < -0.3 is 10.5 Å². The monoisotopic (exact) mass is 361 g/mol. The fourth-order valence-electron chi connectivity index (χ4n) is 2.21. The number of benzene rings is 3. The molecule has 0 saturated heterocycles. The van der Waals surface area contributed by atoms with Gasteiger partial charge in [-0.3, -0.25) is 0 Å². The minimum Gasteiger partial charge on any atom is -0.488 e. The van der Waals surface area contributed by atoms with Crippen LogP contribution < -0.4 is 10.5 Å². The van der Waals surface area contributed by atoms with Crippen molar-refractivity contribution in [2.24, 2.45) is 0 Å². The van der Waals surface area contributed by atoms with E-state index in [0.29, 0.717) is 11.6 Å². The summed E-state index contributed by atoms with van der Waals surface area (Å²) < 4.78 is 6.88. The van der Waals surface area contributed by atoms with E-state index in [2.05, 4.69) is 15.9 Å². The van der Waals surface area contributed by atoms with Crippen LogP contribution in [0.1, 0.15) is 5.56 Å². The molecular weight excluding hydrogens is 350 g/mol. The summed E-state index contributed by atoms with van der Waals surface area (Å²) in [5, 5.41) is 2.69. The highest BCUT2D eigenvalue weighted by Crippen LogP contribution is 2.31. The summed E-state index contributed by atoms with van der Waals surface area (Å²) in [6.07, 6.45) is 0. The van der Waals surface area contributed by atoms with Crippen molar-refractivity contribution < 1.29 is 4.74 Å². The zero-order valence-corrected chi connectivity index (χ0v) is 13.5. The van der Waals surface area contributed by atoms with Crippen LogP contribution in [0.15, 0.2) is 59.1 Å². The van der Waals surface area contributed by atoms with E-state index in [-0.39, 0.29) is 0 Å². The highest BCUT2D eigenvalue weighted by atomic mass is 79.9. The Labute approximate surface area is 136 Å². The van der Waals surface area contributed by atoms with Gasteiger partial charge in [0.25, 0.3) is 0 Å². The summed E-state index contributed by atoms with van der Waals surface area (Å²) in [7, 11) is 0. The first-order valence-corrected chi connectivity index (χ1v) is 7.66. The van der Waals surface area contributed by atoms with Crippen LogP contribution in [-0.4, -0.2) is 0 Å². The summed E-state index contributed by atoms with van der Waals surface area (Å²) >= 11 is 9.60. The maximum Gasteiger partial charge on any atom is 0.127 e. The number of fused-ring (bicyclic) bond motifs is 1. The molecule has 0 aromatic heterocycles. The van der Waals surface area contributed by atoms with Crippen molar-refractivity contribution >= 4 is 44.0 Å². The molecule has 0 unspecified atom stereocenters. The molecule has 0 spiro atoms. The van der Waals surface area contributed by atoms with Gasteiger partial charge in [-0.1, -0.05) is 57.9 Å². The van der Waals surface area contributed by atoms with Gasteiger partial charge in [0.1, 0.15) is 12.4 Å². The lowest BCUT2D eigenvalue weighted by Gasteiger charge is -2.12. The number of hydrogen-bond acceptors (Lipinski definition) is 2. The first kappa shape index (κ1) is 14.2. The summed E-state index contributed by atoms with van der Waals surface area (Å²) in [5.41, 5.74) is 7.69. The molecule has 0 aliphatic carbocycles. The lowest BCUT2D eigenvalue weighted by molar-refractivity contribution is 0.310. The van der Waals surface area contributed by atoms with Crippen molar-refractivity contribution in [3.05, 3.63) is 69.7 Å². The number of anilines is 1. The number of nitrogen functional groups attached to an aromatic ring is 1. The third kappa shape index (κ3) is 2.99. The molecule has 106 valence electrons. The van der Waals surface area contributed by atoms with Crippen molar-refractivity contribution in [2.45, 2.75) is 6.61 Å². The molecule has 21 heavy (non-hydrogen) atoms. The van der Waals surface area contributed by atoms with E-state index >= 15 is 0 Å². The predicted octanol–water partition coefficient (Wildman–Crippen LogP) is 5.42.